The number of hydrogen-bond donors (Lipinski definition) is 2. The second-order valence-corrected chi connectivity index (χ2v) is 11.8. The lowest BCUT2D eigenvalue weighted by Gasteiger charge is -2.45. The van der Waals surface area contributed by atoms with Crippen molar-refractivity contribution in [3.05, 3.63) is 63.6 Å². The van der Waals surface area contributed by atoms with E-state index in [2.05, 4.69) is 10.6 Å². The Kier molecular flexibility index (Phi) is 9.03. The molecule has 0 aliphatic carbocycles. The highest BCUT2D eigenvalue weighted by molar-refractivity contribution is 6.35. The molecular weight excluding hydrogens is 571 g/mol. The number of carbonyl (C=O) groups is 4. The first kappa shape index (κ1) is 30.5. The quantitative estimate of drug-likeness (QED) is 0.463. The highest BCUT2D eigenvalue weighted by Crippen LogP contribution is 2.36. The monoisotopic (exact) mass is 604 g/mol. The minimum Gasteiger partial charge on any atom is -0.489 e. The number of ether oxygens (including phenoxy) is 2. The smallest absolute Gasteiger partial charge is 0.411 e. The molecule has 41 heavy (non-hydrogen) atoms. The van der Waals surface area contributed by atoms with E-state index in [9.17, 15) is 19.2 Å². The van der Waals surface area contributed by atoms with Gasteiger partial charge >= 0.3 is 6.09 Å². The van der Waals surface area contributed by atoms with Crippen LogP contribution in [0.5, 0.6) is 5.75 Å². The van der Waals surface area contributed by atoms with Gasteiger partial charge in [0.2, 0.25) is 11.4 Å². The molecular formula is C29H34Cl2N4O6. The summed E-state index contributed by atoms with van der Waals surface area (Å²) < 4.78 is 11.4. The average molecular weight is 606 g/mol. The van der Waals surface area contributed by atoms with E-state index in [0.717, 1.165) is 5.56 Å². The van der Waals surface area contributed by atoms with Crippen LogP contribution >= 0.6 is 23.2 Å². The van der Waals surface area contributed by atoms with Crippen molar-refractivity contribution in [2.75, 3.05) is 20.3 Å². The van der Waals surface area contributed by atoms with Crippen LogP contribution in [0.4, 0.5) is 4.79 Å². The van der Waals surface area contributed by atoms with Crippen LogP contribution in [0.1, 0.15) is 44.7 Å². The molecule has 1 spiro atoms. The van der Waals surface area contributed by atoms with Crippen LogP contribution in [0.2, 0.25) is 10.0 Å². The molecule has 2 aliphatic rings. The van der Waals surface area contributed by atoms with Crippen molar-refractivity contribution in [1.29, 1.82) is 0 Å². The summed E-state index contributed by atoms with van der Waals surface area (Å²) in [7, 11) is 1.48. The maximum absolute atomic E-state index is 14.0. The van der Waals surface area contributed by atoms with Gasteiger partial charge < -0.3 is 25.0 Å². The molecule has 10 nitrogen and oxygen atoms in total. The van der Waals surface area contributed by atoms with E-state index >= 15 is 0 Å². The Balaban J connectivity index is 1.53. The van der Waals surface area contributed by atoms with Gasteiger partial charge in [-0.2, -0.15) is 0 Å². The zero-order valence-corrected chi connectivity index (χ0v) is 25.0. The molecule has 2 heterocycles. The number of carbonyl (C=O) groups excluding carboxylic acids is 4. The van der Waals surface area contributed by atoms with Crippen molar-refractivity contribution in [3.63, 3.8) is 0 Å². The summed E-state index contributed by atoms with van der Waals surface area (Å²) >= 11 is 12.5. The van der Waals surface area contributed by atoms with Gasteiger partial charge in [0.05, 0.1) is 6.67 Å². The van der Waals surface area contributed by atoms with E-state index in [1.807, 2.05) is 0 Å². The minimum absolute atomic E-state index is 0.134. The number of nitrogens with zero attached hydrogens (tertiary/aromatic N) is 2. The third kappa shape index (κ3) is 6.38. The summed E-state index contributed by atoms with van der Waals surface area (Å²) in [5.74, 6) is -1.01. The van der Waals surface area contributed by atoms with Gasteiger partial charge in [-0.3, -0.25) is 19.3 Å². The molecule has 220 valence electrons. The topological polar surface area (TPSA) is 117 Å². The van der Waals surface area contributed by atoms with Crippen LogP contribution in [0.15, 0.2) is 42.5 Å². The molecule has 12 heteroatoms. The first-order chi connectivity index (χ1) is 19.4. The van der Waals surface area contributed by atoms with E-state index < -0.39 is 41.0 Å². The summed E-state index contributed by atoms with van der Waals surface area (Å²) in [5, 5.41) is 6.36. The summed E-state index contributed by atoms with van der Waals surface area (Å²) in [5.41, 5.74) is -1.15. The number of likely N-dealkylation sites (N-methyl/N-ethyl adjacent to an activating group) is 1. The third-order valence-corrected chi connectivity index (χ3v) is 7.83. The van der Waals surface area contributed by atoms with Crippen molar-refractivity contribution in [2.45, 2.75) is 63.8 Å². The lowest BCUT2D eigenvalue weighted by molar-refractivity contribution is -0.162. The predicted octanol–water partition coefficient (Wildman–Crippen LogP) is 3.92. The summed E-state index contributed by atoms with van der Waals surface area (Å²) in [6.45, 7) is 5.34. The highest BCUT2D eigenvalue weighted by Gasteiger charge is 2.61. The van der Waals surface area contributed by atoms with Crippen LogP contribution in [0, 0.1) is 0 Å². The SMILES string of the molecule is CNC(=O)C(Cc1ccc(OCc2c(Cl)cccc2Cl)cc1)N1CNC(=O)[C@@]2(CCCN2C(=O)OC(C)(C)C)C1=O. The first-order valence-corrected chi connectivity index (χ1v) is 14.1. The summed E-state index contributed by atoms with van der Waals surface area (Å²) in [4.78, 5) is 55.8. The van der Waals surface area contributed by atoms with Crippen molar-refractivity contribution in [3.8, 4) is 5.75 Å². The van der Waals surface area contributed by atoms with Gasteiger partial charge in [-0.15, -0.1) is 0 Å². The first-order valence-electron chi connectivity index (χ1n) is 13.3. The van der Waals surface area contributed by atoms with Gasteiger partial charge in [0.1, 0.15) is 24.0 Å². The molecule has 1 unspecified atom stereocenters. The molecule has 0 aromatic heterocycles. The lowest BCUT2D eigenvalue weighted by atomic mass is 9.89. The average Bonchev–Trinajstić information content (AvgIpc) is 3.36. The molecule has 2 aromatic rings. The third-order valence-electron chi connectivity index (χ3n) is 7.12. The van der Waals surface area contributed by atoms with Crippen LogP contribution in [0.25, 0.3) is 0 Å². The van der Waals surface area contributed by atoms with Crippen molar-refractivity contribution in [1.82, 2.24) is 20.4 Å². The van der Waals surface area contributed by atoms with Crippen LogP contribution in [0.3, 0.4) is 0 Å². The number of hydrogen-bond acceptors (Lipinski definition) is 6. The molecule has 2 aromatic carbocycles. The molecule has 2 atom stereocenters. The van der Waals surface area contributed by atoms with E-state index in [0.29, 0.717) is 27.8 Å². The van der Waals surface area contributed by atoms with Gasteiger partial charge in [0, 0.05) is 35.6 Å². The van der Waals surface area contributed by atoms with E-state index in [1.165, 1.54) is 16.8 Å². The number of benzene rings is 2. The molecule has 0 saturated carbocycles. The molecule has 4 amide bonds. The molecule has 2 fully saturated rings. The largest absolute Gasteiger partial charge is 0.489 e. The number of rotatable bonds is 7. The number of likely N-dealkylation sites (tertiary alicyclic amines) is 1. The van der Waals surface area contributed by atoms with Crippen molar-refractivity contribution < 1.29 is 28.7 Å². The zero-order chi connectivity index (χ0) is 29.9. The van der Waals surface area contributed by atoms with Gasteiger partial charge in [-0.05, 0) is 63.4 Å². The Labute approximate surface area is 249 Å². The Morgan fingerprint density at radius 1 is 1.10 bits per heavy atom. The summed E-state index contributed by atoms with van der Waals surface area (Å²) in [6, 6.07) is 11.4. The number of nitrogens with one attached hydrogen (secondary N) is 2. The van der Waals surface area contributed by atoms with Crippen LogP contribution in [-0.4, -0.2) is 71.1 Å². The van der Waals surface area contributed by atoms with Crippen LogP contribution < -0.4 is 15.4 Å². The Morgan fingerprint density at radius 2 is 1.76 bits per heavy atom. The Hall–Kier alpha value is -3.50. The lowest BCUT2D eigenvalue weighted by Crippen LogP contribution is -2.73. The van der Waals surface area contributed by atoms with Gasteiger partial charge in [-0.25, -0.2) is 4.79 Å². The molecule has 2 saturated heterocycles. The molecule has 2 aliphatic heterocycles. The van der Waals surface area contributed by atoms with E-state index in [-0.39, 0.29) is 32.7 Å². The highest BCUT2D eigenvalue weighted by atomic mass is 35.5. The number of halogens is 2. The van der Waals surface area contributed by atoms with Gasteiger partial charge in [0.25, 0.3) is 11.8 Å². The van der Waals surface area contributed by atoms with Crippen molar-refractivity contribution in [2.24, 2.45) is 0 Å². The fraction of sp³-hybridized carbons (Fsp3) is 0.448. The van der Waals surface area contributed by atoms with Crippen LogP contribution in [-0.2, 0) is 32.1 Å². The van der Waals surface area contributed by atoms with E-state index in [1.54, 1.807) is 63.2 Å². The fourth-order valence-electron chi connectivity index (χ4n) is 5.08. The predicted molar refractivity (Wildman–Crippen MR) is 154 cm³/mol. The Morgan fingerprint density at radius 3 is 2.37 bits per heavy atom. The van der Waals surface area contributed by atoms with E-state index in [4.69, 9.17) is 32.7 Å². The molecule has 0 bridgehead atoms. The Bertz CT molecular complexity index is 1310. The minimum atomic E-state index is -1.77. The maximum Gasteiger partial charge on any atom is 0.411 e. The zero-order valence-electron chi connectivity index (χ0n) is 23.5. The van der Waals surface area contributed by atoms with Gasteiger partial charge in [-0.1, -0.05) is 41.4 Å². The second-order valence-electron chi connectivity index (χ2n) is 11.0. The molecule has 0 radical (unpaired) electrons. The molecule has 4 rings (SSSR count). The second kappa shape index (κ2) is 12.2. The standard InChI is InChI=1S/C29H34Cl2N4O6/c1-28(2,3)41-27(39)35-14-6-13-29(35)25(37)33-17-34(26(29)38)23(24(36)32-4)15-18-9-11-19(12-10-18)40-16-20-21(30)7-5-8-22(20)31/h5,7-12,23H,6,13-17H2,1-4H3,(H,32,36)(H,33,37)/t23?,29-/m0/s1. The summed E-state index contributed by atoms with van der Waals surface area (Å²) in [6.07, 6.45) is -0.00132. The maximum atomic E-state index is 14.0. The fourth-order valence-corrected chi connectivity index (χ4v) is 5.59. The normalized spacial score (nSPS) is 19.7. The molecule has 2 N–H and O–H groups in total. The van der Waals surface area contributed by atoms with Crippen molar-refractivity contribution >= 4 is 47.0 Å². The number of amides is 4. The van der Waals surface area contributed by atoms with Gasteiger partial charge in [0.15, 0.2) is 0 Å².